The zero-order chi connectivity index (χ0) is 38.2. The minimum atomic E-state index is -0.101. The number of para-hydroxylation sites is 2. The van der Waals surface area contributed by atoms with Gasteiger partial charge in [-0.05, 0) is 108 Å². The van der Waals surface area contributed by atoms with Gasteiger partial charge in [0.15, 0.2) is 0 Å². The molecule has 0 fully saturated rings. The van der Waals surface area contributed by atoms with Crippen molar-refractivity contribution in [3.05, 3.63) is 198 Å². The highest BCUT2D eigenvalue weighted by atomic mass is 15.0. The number of nitrogens with zero attached hydrogens (tertiary/aromatic N) is 1. The summed E-state index contributed by atoms with van der Waals surface area (Å²) in [7, 11) is 0. The van der Waals surface area contributed by atoms with Crippen molar-refractivity contribution < 1.29 is 0 Å². The summed E-state index contributed by atoms with van der Waals surface area (Å²) in [4.78, 5) is 0. The molecular formula is C56H41N. The van der Waals surface area contributed by atoms with Gasteiger partial charge in [-0.1, -0.05) is 173 Å². The van der Waals surface area contributed by atoms with Gasteiger partial charge in [0.05, 0.1) is 16.7 Å². The lowest BCUT2D eigenvalue weighted by Crippen LogP contribution is -2.15. The lowest BCUT2D eigenvalue weighted by Gasteiger charge is -2.24. The Morgan fingerprint density at radius 1 is 0.316 bits per heavy atom. The van der Waals surface area contributed by atoms with Crippen LogP contribution in [0.1, 0.15) is 49.9 Å². The molecule has 1 aromatic heterocycles. The van der Waals surface area contributed by atoms with E-state index in [2.05, 4.69) is 208 Å². The molecule has 1 heteroatoms. The molecule has 1 nitrogen and oxygen atoms in total. The molecule has 12 rings (SSSR count). The normalized spacial score (nSPS) is 14.6. The number of rotatable bonds is 3. The van der Waals surface area contributed by atoms with Crippen LogP contribution in [-0.2, 0) is 10.8 Å². The van der Waals surface area contributed by atoms with E-state index >= 15 is 0 Å². The molecule has 10 aromatic rings. The van der Waals surface area contributed by atoms with Crippen molar-refractivity contribution in [1.82, 2.24) is 4.57 Å². The summed E-state index contributed by atoms with van der Waals surface area (Å²) in [6.45, 7) is 9.51. The van der Waals surface area contributed by atoms with Gasteiger partial charge in [-0.15, -0.1) is 0 Å². The van der Waals surface area contributed by atoms with Gasteiger partial charge in [0, 0.05) is 32.4 Å². The van der Waals surface area contributed by atoms with E-state index in [1.54, 1.807) is 0 Å². The molecule has 0 saturated carbocycles. The molecule has 0 aliphatic heterocycles. The van der Waals surface area contributed by atoms with Crippen LogP contribution in [0, 0.1) is 0 Å². The summed E-state index contributed by atoms with van der Waals surface area (Å²) in [6, 6.07) is 66.4. The van der Waals surface area contributed by atoms with Crippen LogP contribution < -0.4 is 0 Å². The summed E-state index contributed by atoms with van der Waals surface area (Å²) in [5.41, 5.74) is 19.5. The Kier molecular flexibility index (Phi) is 6.53. The summed E-state index contributed by atoms with van der Waals surface area (Å²) >= 11 is 0. The second kappa shape index (κ2) is 11.4. The topological polar surface area (TPSA) is 4.93 Å². The molecule has 57 heavy (non-hydrogen) atoms. The summed E-state index contributed by atoms with van der Waals surface area (Å²) < 4.78 is 2.52. The first-order chi connectivity index (χ1) is 27.8. The van der Waals surface area contributed by atoms with Crippen LogP contribution >= 0.6 is 0 Å². The van der Waals surface area contributed by atoms with Gasteiger partial charge < -0.3 is 4.57 Å². The van der Waals surface area contributed by atoms with Crippen molar-refractivity contribution in [3.8, 4) is 50.2 Å². The third kappa shape index (κ3) is 4.35. The molecule has 0 bridgehead atoms. The SMILES string of the molecule is CC1(C)c2ccccc2-c2ccc(-c3ccc4c(-n5c6ccccc6c6ccccc65)c5ccccc5c(-c5ccc6c(c5)C(C)(C)c5ccccc5-6)c4c3)cc21. The molecule has 2 aliphatic carbocycles. The Hall–Kier alpha value is -6.70. The van der Waals surface area contributed by atoms with Gasteiger partial charge in [0.2, 0.25) is 0 Å². The molecule has 0 radical (unpaired) electrons. The Labute approximate surface area is 333 Å². The van der Waals surface area contributed by atoms with E-state index in [9.17, 15) is 0 Å². The Morgan fingerprint density at radius 3 is 1.35 bits per heavy atom. The predicted molar refractivity (Wildman–Crippen MR) is 242 cm³/mol. The lowest BCUT2D eigenvalue weighted by atomic mass is 9.80. The highest BCUT2D eigenvalue weighted by Crippen LogP contribution is 2.53. The van der Waals surface area contributed by atoms with Crippen LogP contribution in [0.15, 0.2) is 176 Å². The molecule has 270 valence electrons. The van der Waals surface area contributed by atoms with E-state index in [0.717, 1.165) is 0 Å². The Bertz CT molecular complexity index is 3300. The fourth-order valence-electron chi connectivity index (χ4n) is 10.8. The van der Waals surface area contributed by atoms with Gasteiger partial charge in [0.1, 0.15) is 0 Å². The predicted octanol–water partition coefficient (Wildman–Crippen LogP) is 15.0. The van der Waals surface area contributed by atoms with E-state index in [-0.39, 0.29) is 10.8 Å². The van der Waals surface area contributed by atoms with E-state index in [0.29, 0.717) is 0 Å². The quantitative estimate of drug-likeness (QED) is 0.160. The van der Waals surface area contributed by atoms with Crippen LogP contribution in [0.5, 0.6) is 0 Å². The first-order valence-electron chi connectivity index (χ1n) is 20.3. The van der Waals surface area contributed by atoms with E-state index in [1.807, 2.05) is 0 Å². The first-order valence-corrected chi connectivity index (χ1v) is 20.3. The molecule has 0 saturated heterocycles. The number of benzene rings is 9. The molecule has 9 aromatic carbocycles. The van der Waals surface area contributed by atoms with E-state index in [1.165, 1.54) is 116 Å². The van der Waals surface area contributed by atoms with Crippen LogP contribution in [0.25, 0.3) is 93.5 Å². The molecule has 1 heterocycles. The average Bonchev–Trinajstić information content (AvgIpc) is 3.79. The zero-order valence-electron chi connectivity index (χ0n) is 32.7. The van der Waals surface area contributed by atoms with E-state index < -0.39 is 0 Å². The smallest absolute Gasteiger partial charge is 0.0619 e. The van der Waals surface area contributed by atoms with Crippen molar-refractivity contribution in [2.45, 2.75) is 38.5 Å². The summed E-state index contributed by atoms with van der Waals surface area (Å²) in [6.07, 6.45) is 0. The van der Waals surface area contributed by atoms with Gasteiger partial charge >= 0.3 is 0 Å². The highest BCUT2D eigenvalue weighted by molar-refractivity contribution is 6.21. The van der Waals surface area contributed by atoms with Crippen LogP contribution in [0.2, 0.25) is 0 Å². The average molecular weight is 728 g/mol. The first kappa shape index (κ1) is 32.5. The number of aromatic nitrogens is 1. The Balaban J connectivity index is 1.18. The van der Waals surface area contributed by atoms with Crippen LogP contribution in [0.4, 0.5) is 0 Å². The minimum absolute atomic E-state index is 0.0708. The fraction of sp³-hybridized carbons (Fsp3) is 0.107. The standard InChI is InChI=1S/C56H41N/c1-55(2)47-21-11-7-15-37(47)39-28-25-35(32-49(39)55)34-26-30-45-46(31-34)53(36-27-29-40-38-16-8-12-22-48(38)56(3,4)50(40)33-36)43-19-5-6-20-44(43)54(45)57-51-23-13-9-17-41(51)42-18-10-14-24-52(42)57/h5-33H,1-4H3. The van der Waals surface area contributed by atoms with Crippen molar-refractivity contribution >= 4 is 43.4 Å². The van der Waals surface area contributed by atoms with Gasteiger partial charge in [-0.3, -0.25) is 0 Å². The van der Waals surface area contributed by atoms with Crippen LogP contribution in [0.3, 0.4) is 0 Å². The number of fused-ring (bicyclic) bond motifs is 11. The maximum absolute atomic E-state index is 2.52. The molecular weight excluding hydrogens is 687 g/mol. The van der Waals surface area contributed by atoms with Crippen molar-refractivity contribution in [1.29, 1.82) is 0 Å². The third-order valence-corrected chi connectivity index (χ3v) is 13.6. The molecule has 0 unspecified atom stereocenters. The van der Waals surface area contributed by atoms with Gasteiger partial charge in [-0.25, -0.2) is 0 Å². The number of hydrogen-bond donors (Lipinski definition) is 0. The maximum atomic E-state index is 2.52. The molecule has 2 aliphatic rings. The van der Waals surface area contributed by atoms with Crippen LogP contribution in [-0.4, -0.2) is 4.57 Å². The highest BCUT2D eigenvalue weighted by Gasteiger charge is 2.37. The van der Waals surface area contributed by atoms with Crippen molar-refractivity contribution in [3.63, 3.8) is 0 Å². The van der Waals surface area contributed by atoms with Crippen molar-refractivity contribution in [2.24, 2.45) is 0 Å². The summed E-state index contributed by atoms with van der Waals surface area (Å²) in [5, 5.41) is 7.56. The molecule has 0 amide bonds. The summed E-state index contributed by atoms with van der Waals surface area (Å²) in [5.74, 6) is 0. The zero-order valence-corrected chi connectivity index (χ0v) is 32.7. The van der Waals surface area contributed by atoms with Gasteiger partial charge in [-0.2, -0.15) is 0 Å². The molecule has 0 N–H and O–H groups in total. The monoisotopic (exact) mass is 727 g/mol. The maximum Gasteiger partial charge on any atom is 0.0619 e. The largest absolute Gasteiger partial charge is 0.308 e. The van der Waals surface area contributed by atoms with E-state index in [4.69, 9.17) is 0 Å². The van der Waals surface area contributed by atoms with Crippen molar-refractivity contribution in [2.75, 3.05) is 0 Å². The number of hydrogen-bond acceptors (Lipinski definition) is 0. The van der Waals surface area contributed by atoms with Gasteiger partial charge in [0.25, 0.3) is 0 Å². The molecule has 0 atom stereocenters. The fourth-order valence-corrected chi connectivity index (χ4v) is 10.8. The lowest BCUT2D eigenvalue weighted by molar-refractivity contribution is 0.660. The second-order valence-electron chi connectivity index (χ2n) is 17.3. The second-order valence-corrected chi connectivity index (χ2v) is 17.3. The Morgan fingerprint density at radius 2 is 0.737 bits per heavy atom. The minimum Gasteiger partial charge on any atom is -0.308 e. The third-order valence-electron chi connectivity index (χ3n) is 13.6. The molecule has 0 spiro atoms.